The molecule has 0 spiro atoms. The van der Waals surface area contributed by atoms with Gasteiger partial charge in [0.05, 0.1) is 0 Å². The van der Waals surface area contributed by atoms with Crippen molar-refractivity contribution >= 4 is 23.5 Å². The van der Waals surface area contributed by atoms with Gasteiger partial charge in [-0.25, -0.2) is 0 Å². The van der Waals surface area contributed by atoms with Gasteiger partial charge in [-0.05, 0) is 56.2 Å². The highest BCUT2D eigenvalue weighted by Gasteiger charge is 2.11. The van der Waals surface area contributed by atoms with Crippen LogP contribution in [0.2, 0.25) is 0 Å². The highest BCUT2D eigenvalue weighted by atomic mass is 16.4. The Balaban J connectivity index is 1.87. The predicted octanol–water partition coefficient (Wildman–Crippen LogP) is 1.10. The van der Waals surface area contributed by atoms with Crippen molar-refractivity contribution in [2.24, 2.45) is 0 Å². The largest absolute Gasteiger partial charge is 0.550 e. The lowest BCUT2D eigenvalue weighted by atomic mass is 10.2. The summed E-state index contributed by atoms with van der Waals surface area (Å²) in [5, 5.41) is 15.6. The van der Waals surface area contributed by atoms with Gasteiger partial charge in [0.15, 0.2) is 5.76 Å². The number of aliphatic carboxylic acids is 1. The molecule has 2 amide bonds. The summed E-state index contributed by atoms with van der Waals surface area (Å²) >= 11 is 0. The molecule has 24 heavy (non-hydrogen) atoms. The number of carboxylic acid groups (broad SMARTS) is 1. The summed E-state index contributed by atoms with van der Waals surface area (Å²) in [5.41, 5.74) is 0.942. The smallest absolute Gasteiger partial charge is 0.291 e. The molecular formula is C17H17N2O5-. The Morgan fingerprint density at radius 1 is 1.04 bits per heavy atom. The topological polar surface area (TPSA) is 111 Å². The third-order valence-corrected chi connectivity index (χ3v) is 3.21. The van der Waals surface area contributed by atoms with Crippen LogP contribution in [0, 0.1) is 6.92 Å². The van der Waals surface area contributed by atoms with Gasteiger partial charge in [0, 0.05) is 23.8 Å². The van der Waals surface area contributed by atoms with Gasteiger partial charge >= 0.3 is 0 Å². The second-order valence-corrected chi connectivity index (χ2v) is 5.17. The van der Waals surface area contributed by atoms with E-state index in [2.05, 4.69) is 10.6 Å². The Hall–Kier alpha value is -3.09. The summed E-state index contributed by atoms with van der Waals surface area (Å²) < 4.78 is 5.23. The molecule has 2 rings (SSSR count). The average molecular weight is 329 g/mol. The normalized spacial score (nSPS) is 10.2. The Bertz CT molecular complexity index is 734. The first kappa shape index (κ1) is 17.3. The van der Waals surface area contributed by atoms with E-state index in [0.29, 0.717) is 23.4 Å². The number of carboxylic acids is 1. The van der Waals surface area contributed by atoms with E-state index in [4.69, 9.17) is 4.42 Å². The van der Waals surface area contributed by atoms with Crippen LogP contribution in [0.1, 0.15) is 39.5 Å². The minimum atomic E-state index is -1.14. The lowest BCUT2D eigenvalue weighted by Crippen LogP contribution is -2.27. The zero-order valence-electron chi connectivity index (χ0n) is 13.1. The lowest BCUT2D eigenvalue weighted by molar-refractivity contribution is -0.305. The van der Waals surface area contributed by atoms with Crippen molar-refractivity contribution in [2.75, 3.05) is 11.9 Å². The number of hydrogen-bond donors (Lipinski definition) is 2. The van der Waals surface area contributed by atoms with E-state index in [1.165, 1.54) is 0 Å². The number of carbonyl (C=O) groups is 3. The summed E-state index contributed by atoms with van der Waals surface area (Å²) in [6, 6.07) is 9.61. The zero-order chi connectivity index (χ0) is 17.5. The van der Waals surface area contributed by atoms with Gasteiger partial charge in [-0.2, -0.15) is 0 Å². The quantitative estimate of drug-likeness (QED) is 0.739. The van der Waals surface area contributed by atoms with E-state index in [9.17, 15) is 19.5 Å². The summed E-state index contributed by atoms with van der Waals surface area (Å²) in [6.07, 6.45) is 0.211. The SMILES string of the molecule is Cc1ccc(C(=O)Nc2ccc(C(=O)NCCCC(=O)[O-])cc2)o1. The second-order valence-electron chi connectivity index (χ2n) is 5.17. The maximum absolute atomic E-state index is 11.9. The van der Waals surface area contributed by atoms with Gasteiger partial charge in [-0.3, -0.25) is 9.59 Å². The Kier molecular flexibility index (Phi) is 5.73. The van der Waals surface area contributed by atoms with Gasteiger partial charge in [-0.1, -0.05) is 0 Å². The molecule has 0 saturated carbocycles. The molecule has 1 aromatic heterocycles. The monoisotopic (exact) mass is 329 g/mol. The van der Waals surface area contributed by atoms with E-state index < -0.39 is 5.97 Å². The Labute approximate surface area is 138 Å². The summed E-state index contributed by atoms with van der Waals surface area (Å²) in [6.45, 7) is 2.00. The van der Waals surface area contributed by atoms with Gasteiger partial charge < -0.3 is 25.0 Å². The number of anilines is 1. The van der Waals surface area contributed by atoms with Crippen LogP contribution < -0.4 is 15.7 Å². The van der Waals surface area contributed by atoms with Crippen LogP contribution in [0.4, 0.5) is 5.69 Å². The molecule has 0 unspecified atom stereocenters. The molecule has 0 aliphatic rings. The van der Waals surface area contributed by atoms with Crippen LogP contribution in [0.25, 0.3) is 0 Å². The molecule has 0 radical (unpaired) electrons. The molecule has 0 saturated heterocycles. The summed E-state index contributed by atoms with van der Waals surface area (Å²) in [7, 11) is 0. The molecule has 2 N–H and O–H groups in total. The number of hydrogen-bond acceptors (Lipinski definition) is 5. The van der Waals surface area contributed by atoms with E-state index in [-0.39, 0.29) is 30.5 Å². The van der Waals surface area contributed by atoms with Crippen LogP contribution in [0.5, 0.6) is 0 Å². The maximum atomic E-state index is 11.9. The van der Waals surface area contributed by atoms with Gasteiger partial charge in [0.1, 0.15) is 5.76 Å². The Morgan fingerprint density at radius 3 is 2.33 bits per heavy atom. The van der Waals surface area contributed by atoms with Crippen molar-refractivity contribution in [1.29, 1.82) is 0 Å². The molecule has 2 aromatic rings. The van der Waals surface area contributed by atoms with E-state index in [0.717, 1.165) is 0 Å². The third kappa shape index (κ3) is 4.98. The molecule has 1 heterocycles. The number of carbonyl (C=O) groups excluding carboxylic acids is 3. The number of benzene rings is 1. The molecular weight excluding hydrogens is 312 g/mol. The average Bonchev–Trinajstić information content (AvgIpc) is 2.98. The van der Waals surface area contributed by atoms with Gasteiger partial charge in [0.2, 0.25) is 0 Å². The first-order chi connectivity index (χ1) is 11.5. The van der Waals surface area contributed by atoms with Crippen LogP contribution in [-0.4, -0.2) is 24.3 Å². The fourth-order valence-electron chi connectivity index (χ4n) is 1.99. The number of aryl methyl sites for hydroxylation is 1. The molecule has 0 atom stereocenters. The highest BCUT2D eigenvalue weighted by Crippen LogP contribution is 2.13. The van der Waals surface area contributed by atoms with Crippen molar-refractivity contribution in [3.05, 3.63) is 53.5 Å². The van der Waals surface area contributed by atoms with E-state index in [1.54, 1.807) is 43.3 Å². The predicted molar refractivity (Wildman–Crippen MR) is 84.4 cm³/mol. The number of nitrogens with one attached hydrogen (secondary N) is 2. The van der Waals surface area contributed by atoms with Crippen molar-refractivity contribution in [1.82, 2.24) is 5.32 Å². The van der Waals surface area contributed by atoms with Crippen molar-refractivity contribution in [2.45, 2.75) is 19.8 Å². The number of rotatable bonds is 7. The molecule has 1 aromatic carbocycles. The van der Waals surface area contributed by atoms with Crippen LogP contribution in [-0.2, 0) is 4.79 Å². The van der Waals surface area contributed by atoms with Crippen molar-refractivity contribution in [3.63, 3.8) is 0 Å². The van der Waals surface area contributed by atoms with E-state index in [1.807, 2.05) is 0 Å². The molecule has 0 fully saturated rings. The molecule has 0 bridgehead atoms. The summed E-state index contributed by atoms with van der Waals surface area (Å²) in [5.74, 6) is -0.973. The summed E-state index contributed by atoms with van der Waals surface area (Å²) in [4.78, 5) is 34.1. The first-order valence-electron chi connectivity index (χ1n) is 7.41. The van der Waals surface area contributed by atoms with E-state index >= 15 is 0 Å². The minimum absolute atomic E-state index is 0.0997. The third-order valence-electron chi connectivity index (χ3n) is 3.21. The number of furan rings is 1. The van der Waals surface area contributed by atoms with Crippen LogP contribution in [0.15, 0.2) is 40.8 Å². The maximum Gasteiger partial charge on any atom is 0.291 e. The van der Waals surface area contributed by atoms with Crippen molar-refractivity contribution < 1.29 is 23.9 Å². The molecule has 0 aliphatic carbocycles. The molecule has 7 heteroatoms. The zero-order valence-corrected chi connectivity index (χ0v) is 13.1. The second kappa shape index (κ2) is 7.96. The molecule has 0 aliphatic heterocycles. The van der Waals surface area contributed by atoms with Gasteiger partial charge in [-0.15, -0.1) is 0 Å². The fourth-order valence-corrected chi connectivity index (χ4v) is 1.99. The van der Waals surface area contributed by atoms with Crippen LogP contribution >= 0.6 is 0 Å². The lowest BCUT2D eigenvalue weighted by Gasteiger charge is -2.07. The van der Waals surface area contributed by atoms with Crippen LogP contribution in [0.3, 0.4) is 0 Å². The fraction of sp³-hybridized carbons (Fsp3) is 0.235. The standard InChI is InChI=1S/C17H18N2O5/c1-11-4-9-14(24-11)17(23)19-13-7-5-12(6-8-13)16(22)18-10-2-3-15(20)21/h4-9H,2-3,10H2,1H3,(H,18,22)(H,19,23)(H,20,21)/p-1. The molecule has 126 valence electrons. The number of amides is 2. The van der Waals surface area contributed by atoms with Gasteiger partial charge in [0.25, 0.3) is 11.8 Å². The Morgan fingerprint density at radius 2 is 1.75 bits per heavy atom. The highest BCUT2D eigenvalue weighted by molar-refractivity contribution is 6.02. The minimum Gasteiger partial charge on any atom is -0.550 e. The van der Waals surface area contributed by atoms with Crippen molar-refractivity contribution in [3.8, 4) is 0 Å². The molecule has 7 nitrogen and oxygen atoms in total. The first-order valence-corrected chi connectivity index (χ1v) is 7.41.